The Labute approximate surface area is 182 Å². The molecule has 164 valence electrons. The van der Waals surface area contributed by atoms with E-state index >= 15 is 0 Å². The van der Waals surface area contributed by atoms with Gasteiger partial charge in [-0.3, -0.25) is 4.79 Å². The zero-order valence-corrected chi connectivity index (χ0v) is 19.6. The molecule has 1 unspecified atom stereocenters. The highest BCUT2D eigenvalue weighted by atomic mass is 16.5. The zero-order chi connectivity index (χ0) is 22.5. The lowest BCUT2D eigenvalue weighted by Crippen LogP contribution is -2.33. The van der Waals surface area contributed by atoms with Crippen molar-refractivity contribution in [3.05, 3.63) is 53.6 Å². The standard InChI is InChI=1S/C26H38N2O2/c1-8-22(24(29)28-21-14-12-11-13-20(21)27)30-23-17-18(25(4,5)9-2)15-16-19(23)26(6,7)10-3/h11-17,22H,8-10,27H2,1-7H3,(H,28,29). The van der Waals surface area contributed by atoms with E-state index in [4.69, 9.17) is 10.5 Å². The molecule has 1 atom stereocenters. The Balaban J connectivity index is 2.40. The predicted octanol–water partition coefficient (Wildman–Crippen LogP) is 6.44. The third-order valence-electron chi connectivity index (χ3n) is 6.41. The smallest absolute Gasteiger partial charge is 0.265 e. The van der Waals surface area contributed by atoms with E-state index < -0.39 is 6.10 Å². The lowest BCUT2D eigenvalue weighted by molar-refractivity contribution is -0.122. The van der Waals surface area contributed by atoms with Gasteiger partial charge in [0.15, 0.2) is 6.10 Å². The average molecular weight is 411 g/mol. The Morgan fingerprint density at radius 3 is 2.20 bits per heavy atom. The second kappa shape index (κ2) is 9.55. The molecule has 3 N–H and O–H groups in total. The van der Waals surface area contributed by atoms with Crippen molar-refractivity contribution in [2.75, 3.05) is 11.1 Å². The molecule has 0 saturated heterocycles. The summed E-state index contributed by atoms with van der Waals surface area (Å²) < 4.78 is 6.38. The molecule has 0 bridgehead atoms. The van der Waals surface area contributed by atoms with Gasteiger partial charge in [-0.15, -0.1) is 0 Å². The van der Waals surface area contributed by atoms with Crippen molar-refractivity contribution in [1.29, 1.82) is 0 Å². The van der Waals surface area contributed by atoms with E-state index in [2.05, 4.69) is 65.1 Å². The topological polar surface area (TPSA) is 64.3 Å². The minimum absolute atomic E-state index is 0.0372. The fourth-order valence-electron chi connectivity index (χ4n) is 3.29. The zero-order valence-electron chi connectivity index (χ0n) is 19.6. The van der Waals surface area contributed by atoms with Crippen LogP contribution >= 0.6 is 0 Å². The minimum Gasteiger partial charge on any atom is -0.480 e. The normalized spacial score (nSPS) is 13.0. The van der Waals surface area contributed by atoms with Gasteiger partial charge in [0.25, 0.3) is 5.91 Å². The van der Waals surface area contributed by atoms with E-state index in [1.807, 2.05) is 19.1 Å². The number of anilines is 2. The molecule has 0 fully saturated rings. The molecule has 30 heavy (non-hydrogen) atoms. The van der Waals surface area contributed by atoms with Crippen LogP contribution in [0.5, 0.6) is 5.75 Å². The van der Waals surface area contributed by atoms with Gasteiger partial charge in [-0.25, -0.2) is 0 Å². The van der Waals surface area contributed by atoms with E-state index in [-0.39, 0.29) is 16.7 Å². The van der Waals surface area contributed by atoms with Crippen molar-refractivity contribution in [2.24, 2.45) is 0 Å². The van der Waals surface area contributed by atoms with Gasteiger partial charge >= 0.3 is 0 Å². The van der Waals surface area contributed by atoms with Crippen LogP contribution in [-0.2, 0) is 15.6 Å². The molecule has 4 nitrogen and oxygen atoms in total. The molecular weight excluding hydrogens is 372 g/mol. The van der Waals surface area contributed by atoms with Crippen LogP contribution < -0.4 is 15.8 Å². The fourth-order valence-corrected chi connectivity index (χ4v) is 3.29. The van der Waals surface area contributed by atoms with Crippen LogP contribution in [0.15, 0.2) is 42.5 Å². The Kier molecular flexibility index (Phi) is 7.57. The second-order valence-corrected chi connectivity index (χ2v) is 9.28. The molecule has 0 radical (unpaired) electrons. The summed E-state index contributed by atoms with van der Waals surface area (Å²) in [6.45, 7) is 15.2. The monoisotopic (exact) mass is 410 g/mol. The summed E-state index contributed by atoms with van der Waals surface area (Å²) in [4.78, 5) is 13.0. The molecule has 2 rings (SSSR count). The van der Waals surface area contributed by atoms with Crippen LogP contribution in [0.3, 0.4) is 0 Å². The van der Waals surface area contributed by atoms with Crippen molar-refractivity contribution >= 4 is 17.3 Å². The lowest BCUT2D eigenvalue weighted by Gasteiger charge is -2.31. The van der Waals surface area contributed by atoms with Crippen molar-refractivity contribution in [1.82, 2.24) is 0 Å². The van der Waals surface area contributed by atoms with Crippen LogP contribution in [0.4, 0.5) is 11.4 Å². The Morgan fingerprint density at radius 2 is 1.63 bits per heavy atom. The maximum Gasteiger partial charge on any atom is 0.265 e. The van der Waals surface area contributed by atoms with E-state index in [1.54, 1.807) is 12.1 Å². The number of ether oxygens (including phenoxy) is 1. The van der Waals surface area contributed by atoms with Crippen molar-refractivity contribution in [2.45, 2.75) is 84.7 Å². The van der Waals surface area contributed by atoms with Gasteiger partial charge in [0.05, 0.1) is 11.4 Å². The molecule has 4 heteroatoms. The van der Waals surface area contributed by atoms with Gasteiger partial charge in [0, 0.05) is 0 Å². The molecule has 0 aliphatic rings. The first-order chi connectivity index (χ1) is 14.1. The van der Waals surface area contributed by atoms with Crippen LogP contribution in [-0.4, -0.2) is 12.0 Å². The number of carbonyl (C=O) groups excluding carboxylic acids is 1. The maximum atomic E-state index is 13.0. The molecular formula is C26H38N2O2. The van der Waals surface area contributed by atoms with E-state index in [0.29, 0.717) is 17.8 Å². The van der Waals surface area contributed by atoms with Crippen LogP contribution in [0.25, 0.3) is 0 Å². The van der Waals surface area contributed by atoms with Gasteiger partial charge in [-0.2, -0.15) is 0 Å². The molecule has 0 aliphatic heterocycles. The quantitative estimate of drug-likeness (QED) is 0.468. The highest BCUT2D eigenvalue weighted by molar-refractivity contribution is 5.96. The Morgan fingerprint density at radius 1 is 1.00 bits per heavy atom. The summed E-state index contributed by atoms with van der Waals surface area (Å²) in [5.41, 5.74) is 9.48. The van der Waals surface area contributed by atoms with Gasteiger partial charge < -0.3 is 15.8 Å². The first-order valence-electron chi connectivity index (χ1n) is 11.0. The third kappa shape index (κ3) is 5.35. The molecule has 0 heterocycles. The van der Waals surface area contributed by atoms with Crippen molar-refractivity contribution in [3.63, 3.8) is 0 Å². The number of nitrogen functional groups attached to an aromatic ring is 1. The molecule has 2 aromatic rings. The van der Waals surface area contributed by atoms with Crippen molar-refractivity contribution < 1.29 is 9.53 Å². The summed E-state index contributed by atoms with van der Waals surface area (Å²) in [5, 5.41) is 2.92. The van der Waals surface area contributed by atoms with Crippen LogP contribution in [0.2, 0.25) is 0 Å². The number of nitrogens with two attached hydrogens (primary N) is 1. The number of nitrogens with one attached hydrogen (secondary N) is 1. The molecule has 0 spiro atoms. The van der Waals surface area contributed by atoms with Crippen molar-refractivity contribution in [3.8, 4) is 5.75 Å². The first kappa shape index (κ1) is 23.8. The van der Waals surface area contributed by atoms with E-state index in [0.717, 1.165) is 24.2 Å². The van der Waals surface area contributed by atoms with E-state index in [9.17, 15) is 4.79 Å². The molecule has 1 amide bonds. The largest absolute Gasteiger partial charge is 0.480 e. The number of amides is 1. The summed E-state index contributed by atoms with van der Waals surface area (Å²) in [6.07, 6.45) is 1.96. The number of hydrogen-bond donors (Lipinski definition) is 2. The highest BCUT2D eigenvalue weighted by Crippen LogP contribution is 2.39. The van der Waals surface area contributed by atoms with E-state index in [1.165, 1.54) is 5.56 Å². The number of benzene rings is 2. The van der Waals surface area contributed by atoms with Gasteiger partial charge in [0.2, 0.25) is 0 Å². The maximum absolute atomic E-state index is 13.0. The summed E-state index contributed by atoms with van der Waals surface area (Å²) in [5.74, 6) is 0.611. The number of hydrogen-bond acceptors (Lipinski definition) is 3. The van der Waals surface area contributed by atoms with Gasteiger partial charge in [-0.1, -0.05) is 72.7 Å². The number of carbonyl (C=O) groups is 1. The lowest BCUT2D eigenvalue weighted by atomic mass is 9.77. The first-order valence-corrected chi connectivity index (χ1v) is 11.0. The SMILES string of the molecule is CCC(Oc1cc(C(C)(C)CC)ccc1C(C)(C)CC)C(=O)Nc1ccccc1N. The predicted molar refractivity (Wildman–Crippen MR) is 127 cm³/mol. The number of rotatable bonds is 9. The second-order valence-electron chi connectivity index (χ2n) is 9.28. The fraction of sp³-hybridized carbons (Fsp3) is 0.500. The Hall–Kier alpha value is -2.49. The highest BCUT2D eigenvalue weighted by Gasteiger charge is 2.28. The molecule has 2 aromatic carbocycles. The van der Waals surface area contributed by atoms with Crippen LogP contribution in [0.1, 0.15) is 78.9 Å². The molecule has 0 saturated carbocycles. The summed E-state index contributed by atoms with van der Waals surface area (Å²) >= 11 is 0. The minimum atomic E-state index is -0.601. The summed E-state index contributed by atoms with van der Waals surface area (Å²) in [6, 6.07) is 13.8. The Bertz CT molecular complexity index is 871. The van der Waals surface area contributed by atoms with Gasteiger partial charge in [-0.05, 0) is 59.4 Å². The average Bonchev–Trinajstić information content (AvgIpc) is 2.73. The summed E-state index contributed by atoms with van der Waals surface area (Å²) in [7, 11) is 0. The van der Waals surface area contributed by atoms with Crippen LogP contribution in [0, 0.1) is 0 Å². The van der Waals surface area contributed by atoms with Gasteiger partial charge in [0.1, 0.15) is 5.75 Å². The third-order valence-corrected chi connectivity index (χ3v) is 6.41. The molecule has 0 aliphatic carbocycles. The molecule has 0 aromatic heterocycles. The number of para-hydroxylation sites is 2.